The van der Waals surface area contributed by atoms with Gasteiger partial charge in [0.15, 0.2) is 10.9 Å². The highest BCUT2D eigenvalue weighted by Gasteiger charge is 2.50. The van der Waals surface area contributed by atoms with Gasteiger partial charge in [-0.25, -0.2) is 18.6 Å². The van der Waals surface area contributed by atoms with Crippen molar-refractivity contribution in [1.29, 1.82) is 0 Å². The molecule has 14 heteroatoms. The van der Waals surface area contributed by atoms with Gasteiger partial charge in [-0.15, -0.1) is 13.2 Å². The summed E-state index contributed by atoms with van der Waals surface area (Å²) in [6.45, 7) is -0.335. The van der Waals surface area contributed by atoms with Gasteiger partial charge in [0.25, 0.3) is 0 Å². The fourth-order valence-corrected chi connectivity index (χ4v) is 7.65. The number of rotatable bonds is 9. The van der Waals surface area contributed by atoms with Crippen molar-refractivity contribution >= 4 is 32.7 Å². The SMILES string of the molecule is O=C(O)c1cc(F)c2nc(N3C4CCC3CC(F)(COCc3c(-c5ccccc5OC(F)(F)F)noc3C3CC3)C4)sc2c1. The first kappa shape index (κ1) is 29.0. The summed E-state index contributed by atoms with van der Waals surface area (Å²) in [5, 5.41) is 13.9. The Balaban J connectivity index is 1.08. The van der Waals surface area contributed by atoms with E-state index in [4.69, 9.17) is 9.26 Å². The van der Waals surface area contributed by atoms with Crippen molar-refractivity contribution in [3.05, 3.63) is 59.1 Å². The third-order valence-electron chi connectivity index (χ3n) is 8.47. The van der Waals surface area contributed by atoms with Crippen LogP contribution in [-0.2, 0) is 11.3 Å². The second kappa shape index (κ2) is 10.7. The van der Waals surface area contributed by atoms with Crippen LogP contribution in [0.4, 0.5) is 27.1 Å². The van der Waals surface area contributed by atoms with Gasteiger partial charge in [0, 0.05) is 42.0 Å². The molecule has 0 amide bonds. The number of benzene rings is 2. The lowest BCUT2D eigenvalue weighted by atomic mass is 9.88. The zero-order valence-corrected chi connectivity index (χ0v) is 23.9. The van der Waals surface area contributed by atoms with Crippen molar-refractivity contribution in [3.63, 3.8) is 0 Å². The molecule has 232 valence electrons. The number of aromatic carboxylic acids is 1. The Hall–Kier alpha value is -3.78. The molecule has 2 aromatic carbocycles. The first-order valence-electron chi connectivity index (χ1n) is 14.2. The van der Waals surface area contributed by atoms with Crippen LogP contribution in [0.1, 0.15) is 66.1 Å². The fourth-order valence-electron chi connectivity index (χ4n) is 6.48. The highest BCUT2D eigenvalue weighted by atomic mass is 32.1. The van der Waals surface area contributed by atoms with Crippen LogP contribution in [0.2, 0.25) is 0 Å². The van der Waals surface area contributed by atoms with Crippen molar-refractivity contribution in [2.75, 3.05) is 11.5 Å². The Labute approximate surface area is 251 Å². The van der Waals surface area contributed by atoms with Gasteiger partial charge in [-0.3, -0.25) is 0 Å². The molecule has 4 aromatic rings. The molecule has 0 spiro atoms. The molecule has 2 aliphatic heterocycles. The van der Waals surface area contributed by atoms with E-state index < -0.39 is 29.6 Å². The summed E-state index contributed by atoms with van der Waals surface area (Å²) in [7, 11) is 0. The molecule has 7 rings (SSSR count). The minimum absolute atomic E-state index is 0.0780. The number of anilines is 1. The van der Waals surface area contributed by atoms with Gasteiger partial charge in [0.1, 0.15) is 28.4 Å². The molecular weight excluding hydrogens is 609 g/mol. The summed E-state index contributed by atoms with van der Waals surface area (Å²) >= 11 is 1.19. The molecule has 4 heterocycles. The summed E-state index contributed by atoms with van der Waals surface area (Å²) in [6, 6.07) is 7.58. The van der Waals surface area contributed by atoms with Crippen molar-refractivity contribution in [1.82, 2.24) is 10.1 Å². The fraction of sp³-hybridized carbons (Fsp3) is 0.433. The molecule has 3 aliphatic rings. The number of ether oxygens (including phenoxy) is 2. The maximum atomic E-state index is 16.3. The highest BCUT2D eigenvalue weighted by molar-refractivity contribution is 7.22. The number of alkyl halides is 4. The van der Waals surface area contributed by atoms with Gasteiger partial charge in [-0.2, -0.15) is 0 Å². The summed E-state index contributed by atoms with van der Waals surface area (Å²) in [4.78, 5) is 17.8. The number of fused-ring (bicyclic) bond motifs is 3. The van der Waals surface area contributed by atoms with Gasteiger partial charge in [0.2, 0.25) is 0 Å². The monoisotopic (exact) mass is 635 g/mol. The molecule has 44 heavy (non-hydrogen) atoms. The second-order valence-corrected chi connectivity index (χ2v) is 12.7. The summed E-state index contributed by atoms with van der Waals surface area (Å²) in [6.07, 6.45) is -1.47. The molecule has 3 fully saturated rings. The molecule has 2 bridgehead atoms. The predicted molar refractivity (Wildman–Crippen MR) is 149 cm³/mol. The quantitative estimate of drug-likeness (QED) is 0.188. The van der Waals surface area contributed by atoms with E-state index in [9.17, 15) is 27.5 Å². The number of piperidine rings is 1. The second-order valence-electron chi connectivity index (χ2n) is 11.6. The standard InChI is InChI=1S/C30H26F5N3O5S/c31-21-9-16(27(39)40)10-23-25(21)36-28(44-23)38-17-7-8-18(38)12-29(32,11-17)14-41-13-20-24(37-43-26(20)15-5-6-15)19-3-1-2-4-22(19)42-30(33,34)35/h1-4,9-10,15,17-18H,5-8,11-14H2,(H,39,40). The van der Waals surface area contributed by atoms with Crippen LogP contribution in [0.25, 0.3) is 21.5 Å². The number of hydrogen-bond donors (Lipinski definition) is 1. The Morgan fingerprint density at radius 3 is 2.55 bits per heavy atom. The number of halogens is 5. The van der Waals surface area contributed by atoms with E-state index in [1.165, 1.54) is 35.6 Å². The lowest BCUT2D eigenvalue weighted by molar-refractivity contribution is -0.274. The van der Waals surface area contributed by atoms with Crippen LogP contribution in [-0.4, -0.2) is 51.9 Å². The maximum Gasteiger partial charge on any atom is 0.573 e. The largest absolute Gasteiger partial charge is 0.573 e. The first-order valence-corrected chi connectivity index (χ1v) is 15.0. The zero-order chi connectivity index (χ0) is 30.8. The zero-order valence-electron chi connectivity index (χ0n) is 23.1. The third kappa shape index (κ3) is 5.49. The van der Waals surface area contributed by atoms with Crippen molar-refractivity contribution in [2.45, 2.75) is 75.2 Å². The lowest BCUT2D eigenvalue weighted by Gasteiger charge is -2.42. The van der Waals surface area contributed by atoms with Crippen molar-refractivity contribution < 1.29 is 45.8 Å². The highest BCUT2D eigenvalue weighted by Crippen LogP contribution is 2.48. The van der Waals surface area contributed by atoms with Gasteiger partial charge < -0.3 is 24.0 Å². The van der Waals surface area contributed by atoms with E-state index in [1.807, 2.05) is 4.90 Å². The van der Waals surface area contributed by atoms with E-state index in [2.05, 4.69) is 14.9 Å². The molecule has 1 N–H and O–H groups in total. The minimum Gasteiger partial charge on any atom is -0.478 e. The van der Waals surface area contributed by atoms with E-state index in [1.54, 1.807) is 6.07 Å². The molecule has 0 radical (unpaired) electrons. The van der Waals surface area contributed by atoms with Crippen molar-refractivity contribution in [2.24, 2.45) is 0 Å². The number of aromatic nitrogens is 2. The Kier molecular flexibility index (Phi) is 7.03. The van der Waals surface area contributed by atoms with E-state index in [-0.39, 0.29) is 66.4 Å². The van der Waals surface area contributed by atoms with E-state index in [0.29, 0.717) is 34.0 Å². The Morgan fingerprint density at radius 1 is 1.14 bits per heavy atom. The van der Waals surface area contributed by atoms with Crippen LogP contribution in [0, 0.1) is 5.82 Å². The smallest absolute Gasteiger partial charge is 0.478 e. The van der Waals surface area contributed by atoms with Crippen LogP contribution in [0.15, 0.2) is 40.9 Å². The van der Waals surface area contributed by atoms with E-state index in [0.717, 1.165) is 18.9 Å². The number of carboxylic acid groups (broad SMARTS) is 1. The summed E-state index contributed by atoms with van der Waals surface area (Å²) in [5.74, 6) is -1.77. The van der Waals surface area contributed by atoms with Gasteiger partial charge in [-0.1, -0.05) is 28.6 Å². The Bertz CT molecular complexity index is 1720. The average molecular weight is 636 g/mol. The van der Waals surface area contributed by atoms with Crippen LogP contribution >= 0.6 is 11.3 Å². The van der Waals surface area contributed by atoms with Crippen LogP contribution in [0.5, 0.6) is 5.75 Å². The molecule has 1 saturated carbocycles. The summed E-state index contributed by atoms with van der Waals surface area (Å²) < 4.78 is 86.3. The number of para-hydroxylation sites is 1. The third-order valence-corrected chi connectivity index (χ3v) is 9.49. The molecular formula is C30H26F5N3O5S. The van der Waals surface area contributed by atoms with Crippen LogP contribution in [0.3, 0.4) is 0 Å². The first-order chi connectivity index (χ1) is 21.0. The molecule has 2 saturated heterocycles. The Morgan fingerprint density at radius 2 is 1.86 bits per heavy atom. The van der Waals surface area contributed by atoms with Gasteiger partial charge >= 0.3 is 12.3 Å². The normalized spacial score (nSPS) is 23.4. The molecule has 2 aromatic heterocycles. The number of hydrogen-bond acceptors (Lipinski definition) is 8. The molecule has 2 unspecified atom stereocenters. The maximum absolute atomic E-state index is 16.3. The van der Waals surface area contributed by atoms with Gasteiger partial charge in [-0.05, 0) is 49.9 Å². The summed E-state index contributed by atoms with van der Waals surface area (Å²) in [5.41, 5.74) is -0.995. The predicted octanol–water partition coefficient (Wildman–Crippen LogP) is 7.62. The number of carbonyl (C=O) groups is 1. The molecule has 8 nitrogen and oxygen atoms in total. The van der Waals surface area contributed by atoms with Crippen molar-refractivity contribution in [3.8, 4) is 17.0 Å². The molecule has 1 aliphatic carbocycles. The lowest BCUT2D eigenvalue weighted by Crippen LogP contribution is -2.51. The van der Waals surface area contributed by atoms with Gasteiger partial charge in [0.05, 0.1) is 23.5 Å². The molecule has 2 atom stereocenters. The topological polar surface area (TPSA) is 97.9 Å². The average Bonchev–Trinajstić information content (AvgIpc) is 3.46. The van der Waals surface area contributed by atoms with E-state index >= 15 is 4.39 Å². The minimum atomic E-state index is -4.90. The number of nitrogens with zero attached hydrogens (tertiary/aromatic N) is 3. The van der Waals surface area contributed by atoms with Crippen LogP contribution < -0.4 is 9.64 Å². The number of thiazole rings is 1. The number of carboxylic acids is 1.